The lowest BCUT2D eigenvalue weighted by Gasteiger charge is -1.95. The number of aromatic nitrogens is 2. The Morgan fingerprint density at radius 2 is 2.42 bits per heavy atom. The van der Waals surface area contributed by atoms with Crippen molar-refractivity contribution in [2.75, 3.05) is 0 Å². The summed E-state index contributed by atoms with van der Waals surface area (Å²) in [6.07, 6.45) is 4.20. The van der Waals surface area contributed by atoms with Crippen molar-refractivity contribution in [3.63, 3.8) is 0 Å². The van der Waals surface area contributed by atoms with Crippen molar-refractivity contribution in [3.05, 3.63) is 34.8 Å². The molecule has 0 spiro atoms. The van der Waals surface area contributed by atoms with E-state index in [2.05, 4.69) is 20.9 Å². The minimum Gasteiger partial charge on any atom is -0.296 e. The third-order valence-corrected chi connectivity index (χ3v) is 2.32. The Kier molecular flexibility index (Phi) is 1.69. The highest BCUT2D eigenvalue weighted by atomic mass is 79.9. The van der Waals surface area contributed by atoms with E-state index in [9.17, 15) is 4.79 Å². The number of nitrogens with zero attached hydrogens (tertiary/aromatic N) is 2. The Labute approximate surface area is 77.2 Å². The lowest BCUT2D eigenvalue weighted by atomic mass is 10.4. The van der Waals surface area contributed by atoms with Crippen LogP contribution >= 0.6 is 15.9 Å². The summed E-state index contributed by atoms with van der Waals surface area (Å²) in [5, 5.41) is 0. The minimum atomic E-state index is 0.423. The molecule has 0 radical (unpaired) electrons. The third-order valence-electron chi connectivity index (χ3n) is 1.65. The number of imidazole rings is 1. The van der Waals surface area contributed by atoms with Crippen LogP contribution in [0.15, 0.2) is 29.0 Å². The molecule has 0 fully saturated rings. The van der Waals surface area contributed by atoms with Crippen molar-refractivity contribution in [2.24, 2.45) is 0 Å². The lowest BCUT2D eigenvalue weighted by molar-refractivity contribution is 0.111. The number of halogens is 1. The van der Waals surface area contributed by atoms with Crippen LogP contribution in [-0.4, -0.2) is 15.7 Å². The molecule has 0 amide bonds. The zero-order chi connectivity index (χ0) is 8.55. The summed E-state index contributed by atoms with van der Waals surface area (Å²) in [6, 6.07) is 3.76. The van der Waals surface area contributed by atoms with Crippen molar-refractivity contribution < 1.29 is 4.79 Å². The molecular formula is C8H5BrN2O. The maximum Gasteiger partial charge on any atom is 0.185 e. The molecule has 0 aromatic carbocycles. The first-order chi connectivity index (χ1) is 5.83. The summed E-state index contributed by atoms with van der Waals surface area (Å²) in [5.74, 6) is 0.423. The smallest absolute Gasteiger partial charge is 0.185 e. The van der Waals surface area contributed by atoms with Crippen LogP contribution in [0.1, 0.15) is 10.6 Å². The fourth-order valence-corrected chi connectivity index (χ4v) is 1.54. The normalized spacial score (nSPS) is 10.4. The van der Waals surface area contributed by atoms with Crippen LogP contribution < -0.4 is 0 Å². The van der Waals surface area contributed by atoms with Crippen LogP contribution in [0.4, 0.5) is 0 Å². The zero-order valence-electron chi connectivity index (χ0n) is 6.07. The highest BCUT2D eigenvalue weighted by molar-refractivity contribution is 9.10. The number of fused-ring (bicyclic) bond motifs is 1. The monoisotopic (exact) mass is 224 g/mol. The van der Waals surface area contributed by atoms with E-state index in [1.165, 1.54) is 0 Å². The molecule has 0 saturated carbocycles. The van der Waals surface area contributed by atoms with Gasteiger partial charge >= 0.3 is 0 Å². The zero-order valence-corrected chi connectivity index (χ0v) is 7.65. The standard InChI is InChI=1S/C8H5BrN2O/c9-6-2-1-3-11-7(6)4-10-8(11)5-12/h1-5H. The number of aldehydes is 1. The summed E-state index contributed by atoms with van der Waals surface area (Å²) >= 11 is 3.36. The molecule has 4 heteroatoms. The van der Waals surface area contributed by atoms with Crippen molar-refractivity contribution >= 4 is 27.7 Å². The molecule has 3 nitrogen and oxygen atoms in total. The Balaban J connectivity index is 2.88. The SMILES string of the molecule is O=Cc1ncc2c(Br)cccn12. The molecule has 2 aromatic rings. The Morgan fingerprint density at radius 3 is 3.17 bits per heavy atom. The molecule has 0 aliphatic heterocycles. The number of carbonyl (C=O) groups excluding carboxylic acids is 1. The van der Waals surface area contributed by atoms with Crippen LogP contribution in [0.2, 0.25) is 0 Å². The third kappa shape index (κ3) is 0.956. The molecule has 2 aromatic heterocycles. The predicted octanol–water partition coefficient (Wildman–Crippen LogP) is 1.91. The Morgan fingerprint density at radius 1 is 1.58 bits per heavy atom. The van der Waals surface area contributed by atoms with Gasteiger partial charge in [-0.15, -0.1) is 0 Å². The topological polar surface area (TPSA) is 34.4 Å². The Bertz CT molecular complexity index is 436. The first-order valence-electron chi connectivity index (χ1n) is 3.39. The first-order valence-corrected chi connectivity index (χ1v) is 4.19. The molecule has 0 atom stereocenters. The van der Waals surface area contributed by atoms with Crippen molar-refractivity contribution in [1.29, 1.82) is 0 Å². The fourth-order valence-electron chi connectivity index (χ4n) is 1.09. The molecular weight excluding hydrogens is 220 g/mol. The van der Waals surface area contributed by atoms with E-state index < -0.39 is 0 Å². The number of pyridine rings is 1. The van der Waals surface area contributed by atoms with Gasteiger partial charge in [-0.3, -0.25) is 9.20 Å². The van der Waals surface area contributed by atoms with Gasteiger partial charge in [0.15, 0.2) is 12.1 Å². The van der Waals surface area contributed by atoms with Crippen molar-refractivity contribution in [2.45, 2.75) is 0 Å². The van der Waals surface area contributed by atoms with Crippen LogP contribution in [0, 0.1) is 0 Å². The largest absolute Gasteiger partial charge is 0.296 e. The molecule has 0 aliphatic rings. The molecule has 2 rings (SSSR count). The van der Waals surface area contributed by atoms with E-state index in [1.54, 1.807) is 16.8 Å². The quantitative estimate of drug-likeness (QED) is 0.694. The highest BCUT2D eigenvalue weighted by Gasteiger charge is 2.02. The molecule has 0 unspecified atom stereocenters. The lowest BCUT2D eigenvalue weighted by Crippen LogP contribution is -1.90. The van der Waals surface area contributed by atoms with Crippen LogP contribution in [-0.2, 0) is 0 Å². The first kappa shape index (κ1) is 7.49. The molecule has 0 saturated heterocycles. The van der Waals surface area contributed by atoms with Gasteiger partial charge in [-0.1, -0.05) is 0 Å². The van der Waals surface area contributed by atoms with Crippen LogP contribution in [0.3, 0.4) is 0 Å². The highest BCUT2D eigenvalue weighted by Crippen LogP contribution is 2.17. The molecule has 0 bridgehead atoms. The van der Waals surface area contributed by atoms with Gasteiger partial charge in [0, 0.05) is 10.7 Å². The summed E-state index contributed by atoms with van der Waals surface area (Å²) in [4.78, 5) is 14.4. The maximum absolute atomic E-state index is 10.5. The van der Waals surface area contributed by atoms with Gasteiger partial charge in [0.25, 0.3) is 0 Å². The summed E-state index contributed by atoms with van der Waals surface area (Å²) in [7, 11) is 0. The second kappa shape index (κ2) is 2.71. The van der Waals surface area contributed by atoms with Crippen LogP contribution in [0.5, 0.6) is 0 Å². The average Bonchev–Trinajstić information content (AvgIpc) is 2.49. The second-order valence-electron chi connectivity index (χ2n) is 2.35. The minimum absolute atomic E-state index is 0.423. The summed E-state index contributed by atoms with van der Waals surface area (Å²) < 4.78 is 2.67. The summed E-state index contributed by atoms with van der Waals surface area (Å²) in [6.45, 7) is 0. The van der Waals surface area contributed by atoms with Gasteiger partial charge < -0.3 is 0 Å². The number of hydrogen-bond donors (Lipinski definition) is 0. The van der Waals surface area contributed by atoms with E-state index in [0.29, 0.717) is 5.82 Å². The molecule has 0 aliphatic carbocycles. The Hall–Kier alpha value is -1.16. The molecule has 2 heterocycles. The van der Waals surface area contributed by atoms with E-state index >= 15 is 0 Å². The fraction of sp³-hybridized carbons (Fsp3) is 0. The van der Waals surface area contributed by atoms with E-state index in [4.69, 9.17) is 0 Å². The van der Waals surface area contributed by atoms with E-state index in [-0.39, 0.29) is 0 Å². The van der Waals surface area contributed by atoms with Gasteiger partial charge in [-0.25, -0.2) is 4.98 Å². The van der Waals surface area contributed by atoms with Gasteiger partial charge in [0.1, 0.15) is 0 Å². The van der Waals surface area contributed by atoms with Gasteiger partial charge in [0.05, 0.1) is 11.7 Å². The average molecular weight is 225 g/mol. The predicted molar refractivity (Wildman–Crippen MR) is 48.3 cm³/mol. The molecule has 0 N–H and O–H groups in total. The van der Waals surface area contributed by atoms with E-state index in [1.807, 2.05) is 12.1 Å². The van der Waals surface area contributed by atoms with Crippen molar-refractivity contribution in [1.82, 2.24) is 9.38 Å². The van der Waals surface area contributed by atoms with Crippen LogP contribution in [0.25, 0.3) is 5.52 Å². The number of carbonyl (C=O) groups is 1. The molecule has 12 heavy (non-hydrogen) atoms. The summed E-state index contributed by atoms with van der Waals surface area (Å²) in [5.41, 5.74) is 0.902. The number of hydrogen-bond acceptors (Lipinski definition) is 2. The van der Waals surface area contributed by atoms with Crippen molar-refractivity contribution in [3.8, 4) is 0 Å². The van der Waals surface area contributed by atoms with E-state index in [0.717, 1.165) is 16.3 Å². The maximum atomic E-state index is 10.5. The van der Waals surface area contributed by atoms with Gasteiger partial charge in [0.2, 0.25) is 0 Å². The second-order valence-corrected chi connectivity index (χ2v) is 3.20. The molecule has 60 valence electrons. The number of rotatable bonds is 1. The van der Waals surface area contributed by atoms with Gasteiger partial charge in [-0.2, -0.15) is 0 Å². The van der Waals surface area contributed by atoms with Gasteiger partial charge in [-0.05, 0) is 28.1 Å².